The Kier molecular flexibility index (Phi) is 5.57. The first-order chi connectivity index (χ1) is 8.91. The largest absolute Gasteiger partial charge is 0.350 e. The maximum Gasteiger partial charge on any atom is 0.316 e. The summed E-state index contributed by atoms with van der Waals surface area (Å²) in [7, 11) is 3.24. The third-order valence-electron chi connectivity index (χ3n) is 2.27. The summed E-state index contributed by atoms with van der Waals surface area (Å²) in [6, 6.07) is 3.49. The van der Waals surface area contributed by atoms with E-state index >= 15 is 0 Å². The summed E-state index contributed by atoms with van der Waals surface area (Å²) in [5.41, 5.74) is 0.269. The molecule has 0 radical (unpaired) electrons. The van der Waals surface area contributed by atoms with E-state index in [9.17, 15) is 14.0 Å². The highest BCUT2D eigenvalue weighted by Crippen LogP contribution is 2.15. The van der Waals surface area contributed by atoms with Gasteiger partial charge in [0.25, 0.3) is 5.91 Å². The average molecular weight is 288 g/mol. The fraction of sp³-hybridized carbons (Fsp3) is 0.333. The number of carbonyl (C=O) groups excluding carboxylic acids is 2. The van der Waals surface area contributed by atoms with Crippen molar-refractivity contribution >= 4 is 23.5 Å². The van der Waals surface area contributed by atoms with Gasteiger partial charge in [-0.3, -0.25) is 4.79 Å². The van der Waals surface area contributed by atoms with Gasteiger partial charge in [0.15, 0.2) is 0 Å². The lowest BCUT2D eigenvalue weighted by molar-refractivity contribution is 0.0953. The maximum atomic E-state index is 12.9. The van der Waals surface area contributed by atoms with Crippen LogP contribution < -0.4 is 10.6 Å². The summed E-state index contributed by atoms with van der Waals surface area (Å²) < 4.78 is 12.9. The van der Waals surface area contributed by atoms with Gasteiger partial charge in [-0.25, -0.2) is 9.18 Å². The summed E-state index contributed by atoms with van der Waals surface area (Å²) in [4.78, 5) is 24.2. The highest BCUT2D eigenvalue weighted by molar-refractivity contribution is 6.31. The number of hydrogen-bond acceptors (Lipinski definition) is 2. The van der Waals surface area contributed by atoms with Crippen molar-refractivity contribution in [1.82, 2.24) is 15.5 Å². The van der Waals surface area contributed by atoms with Crippen LogP contribution in [-0.2, 0) is 0 Å². The normalized spacial score (nSPS) is 9.89. The Bertz CT molecular complexity index is 480. The Morgan fingerprint density at radius 3 is 2.47 bits per heavy atom. The first kappa shape index (κ1) is 15.2. The Hall–Kier alpha value is -1.82. The molecule has 3 amide bonds. The molecule has 0 aromatic heterocycles. The van der Waals surface area contributed by atoms with Crippen LogP contribution >= 0.6 is 11.6 Å². The van der Waals surface area contributed by atoms with Crippen molar-refractivity contribution in [1.29, 1.82) is 0 Å². The molecule has 0 heterocycles. The van der Waals surface area contributed by atoms with E-state index in [4.69, 9.17) is 11.6 Å². The molecule has 0 aliphatic carbocycles. The fourth-order valence-corrected chi connectivity index (χ4v) is 1.42. The van der Waals surface area contributed by atoms with Gasteiger partial charge in [-0.05, 0) is 18.2 Å². The number of nitrogens with zero attached hydrogens (tertiary/aromatic N) is 1. The predicted octanol–water partition coefficient (Wildman–Crippen LogP) is 1.48. The molecule has 5 nitrogen and oxygen atoms in total. The average Bonchev–Trinajstić information content (AvgIpc) is 2.37. The lowest BCUT2D eigenvalue weighted by Crippen LogP contribution is -2.39. The second kappa shape index (κ2) is 6.94. The molecular weight excluding hydrogens is 273 g/mol. The zero-order chi connectivity index (χ0) is 14.4. The quantitative estimate of drug-likeness (QED) is 0.824. The van der Waals surface area contributed by atoms with Gasteiger partial charge in [0.1, 0.15) is 5.82 Å². The highest BCUT2D eigenvalue weighted by Gasteiger charge is 2.08. The lowest BCUT2D eigenvalue weighted by Gasteiger charge is -2.12. The van der Waals surface area contributed by atoms with Gasteiger partial charge in [0.05, 0.1) is 5.02 Å². The topological polar surface area (TPSA) is 61.4 Å². The van der Waals surface area contributed by atoms with Crippen molar-refractivity contribution in [3.63, 3.8) is 0 Å². The third-order valence-corrected chi connectivity index (χ3v) is 2.56. The van der Waals surface area contributed by atoms with E-state index in [-0.39, 0.29) is 29.1 Å². The Balaban J connectivity index is 2.39. The smallest absolute Gasteiger partial charge is 0.316 e. The summed E-state index contributed by atoms with van der Waals surface area (Å²) in [5.74, 6) is -0.947. The van der Waals surface area contributed by atoms with Gasteiger partial charge in [0, 0.05) is 32.7 Å². The molecule has 0 atom stereocenters. The monoisotopic (exact) mass is 287 g/mol. The summed E-state index contributed by atoms with van der Waals surface area (Å²) in [5, 5.41) is 5.08. The highest BCUT2D eigenvalue weighted by atomic mass is 35.5. The van der Waals surface area contributed by atoms with E-state index in [0.717, 1.165) is 6.07 Å². The number of amides is 3. The van der Waals surface area contributed by atoms with E-state index in [1.54, 1.807) is 14.1 Å². The molecule has 104 valence electrons. The molecule has 0 bridgehead atoms. The van der Waals surface area contributed by atoms with E-state index in [0.29, 0.717) is 6.54 Å². The molecule has 0 unspecified atom stereocenters. The van der Waals surface area contributed by atoms with Crippen LogP contribution in [0.25, 0.3) is 0 Å². The van der Waals surface area contributed by atoms with Crippen LogP contribution in [0.5, 0.6) is 0 Å². The van der Waals surface area contributed by atoms with Crippen LogP contribution in [0.3, 0.4) is 0 Å². The maximum absolute atomic E-state index is 12.9. The van der Waals surface area contributed by atoms with Crippen LogP contribution in [0.4, 0.5) is 9.18 Å². The molecule has 0 aliphatic rings. The van der Waals surface area contributed by atoms with Crippen molar-refractivity contribution in [3.8, 4) is 0 Å². The molecule has 0 saturated carbocycles. The van der Waals surface area contributed by atoms with E-state index in [1.165, 1.54) is 17.0 Å². The first-order valence-electron chi connectivity index (χ1n) is 5.60. The minimum absolute atomic E-state index is 0.103. The second-order valence-electron chi connectivity index (χ2n) is 4.01. The Morgan fingerprint density at radius 2 is 1.89 bits per heavy atom. The van der Waals surface area contributed by atoms with E-state index < -0.39 is 5.82 Å². The van der Waals surface area contributed by atoms with Crippen LogP contribution in [0.1, 0.15) is 10.4 Å². The summed E-state index contributed by atoms with van der Waals surface area (Å²) >= 11 is 5.58. The zero-order valence-corrected chi connectivity index (χ0v) is 11.4. The Morgan fingerprint density at radius 1 is 1.26 bits per heavy atom. The number of carbonyl (C=O) groups is 2. The standard InChI is InChI=1S/C12H15ClFN3O2/c1-17(2)12(19)16-6-5-15-11(18)8-3-4-10(14)9(13)7-8/h3-4,7H,5-6H2,1-2H3,(H,15,18)(H,16,19). The summed E-state index contributed by atoms with van der Waals surface area (Å²) in [6.07, 6.45) is 0. The zero-order valence-electron chi connectivity index (χ0n) is 10.7. The molecule has 19 heavy (non-hydrogen) atoms. The predicted molar refractivity (Wildman–Crippen MR) is 70.8 cm³/mol. The van der Waals surface area contributed by atoms with Gasteiger partial charge in [-0.2, -0.15) is 0 Å². The van der Waals surface area contributed by atoms with Crippen molar-refractivity contribution < 1.29 is 14.0 Å². The van der Waals surface area contributed by atoms with Gasteiger partial charge in [-0.1, -0.05) is 11.6 Å². The number of urea groups is 1. The minimum atomic E-state index is -0.573. The first-order valence-corrected chi connectivity index (χ1v) is 5.98. The van der Waals surface area contributed by atoms with Gasteiger partial charge in [-0.15, -0.1) is 0 Å². The molecule has 2 N–H and O–H groups in total. The molecular formula is C12H15ClFN3O2. The molecule has 0 spiro atoms. The van der Waals surface area contributed by atoms with Crippen molar-refractivity contribution in [2.75, 3.05) is 27.2 Å². The van der Waals surface area contributed by atoms with E-state index in [1.807, 2.05) is 0 Å². The number of hydrogen-bond donors (Lipinski definition) is 2. The molecule has 0 fully saturated rings. The number of rotatable bonds is 4. The van der Waals surface area contributed by atoms with Crippen LogP contribution in [0.15, 0.2) is 18.2 Å². The summed E-state index contributed by atoms with van der Waals surface area (Å²) in [6.45, 7) is 0.574. The van der Waals surface area contributed by atoms with Crippen molar-refractivity contribution in [3.05, 3.63) is 34.6 Å². The molecule has 7 heteroatoms. The van der Waals surface area contributed by atoms with Crippen LogP contribution in [0, 0.1) is 5.82 Å². The molecule has 0 aliphatic heterocycles. The number of benzene rings is 1. The van der Waals surface area contributed by atoms with Crippen molar-refractivity contribution in [2.24, 2.45) is 0 Å². The molecule has 1 rings (SSSR count). The fourth-order valence-electron chi connectivity index (χ4n) is 1.24. The van der Waals surface area contributed by atoms with Gasteiger partial charge in [0.2, 0.25) is 0 Å². The molecule has 0 saturated heterocycles. The SMILES string of the molecule is CN(C)C(=O)NCCNC(=O)c1ccc(F)c(Cl)c1. The van der Waals surface area contributed by atoms with E-state index in [2.05, 4.69) is 10.6 Å². The minimum Gasteiger partial charge on any atom is -0.350 e. The number of nitrogens with one attached hydrogen (secondary N) is 2. The van der Waals surface area contributed by atoms with Crippen LogP contribution in [-0.4, -0.2) is 44.0 Å². The van der Waals surface area contributed by atoms with Crippen LogP contribution in [0.2, 0.25) is 5.02 Å². The second-order valence-corrected chi connectivity index (χ2v) is 4.42. The van der Waals surface area contributed by atoms with Crippen molar-refractivity contribution in [2.45, 2.75) is 0 Å². The third kappa shape index (κ3) is 4.75. The number of halogens is 2. The lowest BCUT2D eigenvalue weighted by atomic mass is 10.2. The Labute approximate surface area is 115 Å². The van der Waals surface area contributed by atoms with Gasteiger partial charge < -0.3 is 15.5 Å². The molecule has 1 aromatic carbocycles. The van der Waals surface area contributed by atoms with Gasteiger partial charge >= 0.3 is 6.03 Å². The molecule has 1 aromatic rings.